The van der Waals surface area contributed by atoms with Crippen molar-refractivity contribution < 1.29 is 23.9 Å². The van der Waals surface area contributed by atoms with E-state index in [-0.39, 0.29) is 43.0 Å². The predicted molar refractivity (Wildman–Crippen MR) is 99.4 cm³/mol. The first-order chi connectivity index (χ1) is 13.4. The summed E-state index contributed by atoms with van der Waals surface area (Å²) < 4.78 is 13.4. The molecule has 1 fully saturated rings. The maximum atomic E-state index is 13.4. The van der Waals surface area contributed by atoms with Gasteiger partial charge in [0.2, 0.25) is 11.8 Å². The smallest absolute Gasteiger partial charge is 0.413 e. The number of rotatable bonds is 6. The van der Waals surface area contributed by atoms with E-state index in [1.807, 2.05) is 6.92 Å². The Morgan fingerprint density at radius 1 is 1.32 bits per heavy atom. The van der Waals surface area contributed by atoms with E-state index in [9.17, 15) is 23.9 Å². The number of fused-ring (bicyclic) bond motifs is 1. The lowest BCUT2D eigenvalue weighted by molar-refractivity contribution is -0.148. The Bertz CT molecular complexity index is 810. The van der Waals surface area contributed by atoms with Crippen LogP contribution in [0.2, 0.25) is 0 Å². The fourth-order valence-corrected chi connectivity index (χ4v) is 3.63. The van der Waals surface area contributed by atoms with Crippen molar-refractivity contribution >= 4 is 17.9 Å². The van der Waals surface area contributed by atoms with Gasteiger partial charge in [-0.25, -0.2) is 9.18 Å². The van der Waals surface area contributed by atoms with Gasteiger partial charge in [-0.05, 0) is 30.5 Å². The molecular weight excluding hydrogens is 365 g/mol. The largest absolute Gasteiger partial charge is 0.465 e. The molecule has 0 aromatic heterocycles. The van der Waals surface area contributed by atoms with Crippen LogP contribution in [0.5, 0.6) is 0 Å². The minimum absolute atomic E-state index is 0.0584. The molecule has 1 N–H and O–H groups in total. The topological polar surface area (TPSA) is 81.2 Å². The van der Waals surface area contributed by atoms with Crippen LogP contribution in [0.25, 0.3) is 0 Å². The van der Waals surface area contributed by atoms with E-state index in [0.29, 0.717) is 12.8 Å². The second-order valence-electron chi connectivity index (χ2n) is 7.00. The summed E-state index contributed by atoms with van der Waals surface area (Å²) >= 11 is 0. The van der Waals surface area contributed by atoms with Gasteiger partial charge in [0, 0.05) is 25.7 Å². The standard InChI is InChI=1S/C20H24FN3O4/c1-2-3-7-16-19(26)22(10-8-14-5-4-6-15(21)12-14)13-17-23(20(27)28)11-9-18(25)24(16)17/h4-6,12-13,16H,2-3,7-11H2,1H3,(H,27,28)/t16-/m0/s1. The van der Waals surface area contributed by atoms with Crippen LogP contribution < -0.4 is 0 Å². The molecular formula is C20H24FN3O4. The van der Waals surface area contributed by atoms with Gasteiger partial charge in [0.05, 0.1) is 0 Å². The number of hydrogen-bond donors (Lipinski definition) is 1. The Balaban J connectivity index is 1.89. The summed E-state index contributed by atoms with van der Waals surface area (Å²) in [5.41, 5.74) is 0.744. The van der Waals surface area contributed by atoms with Crippen LogP contribution in [-0.2, 0) is 16.0 Å². The third-order valence-corrected chi connectivity index (χ3v) is 5.08. The van der Waals surface area contributed by atoms with Gasteiger partial charge < -0.3 is 10.0 Å². The summed E-state index contributed by atoms with van der Waals surface area (Å²) in [5, 5.41) is 9.52. The van der Waals surface area contributed by atoms with Gasteiger partial charge >= 0.3 is 6.09 Å². The maximum absolute atomic E-state index is 13.4. The van der Waals surface area contributed by atoms with Crippen molar-refractivity contribution in [2.45, 2.75) is 45.1 Å². The van der Waals surface area contributed by atoms with Gasteiger partial charge in [0.15, 0.2) is 0 Å². The predicted octanol–water partition coefficient (Wildman–Crippen LogP) is 2.78. The zero-order valence-corrected chi connectivity index (χ0v) is 15.8. The van der Waals surface area contributed by atoms with E-state index in [2.05, 4.69) is 0 Å². The Morgan fingerprint density at radius 3 is 2.79 bits per heavy atom. The molecule has 7 nitrogen and oxygen atoms in total. The fraction of sp³-hybridized carbons (Fsp3) is 0.450. The lowest BCUT2D eigenvalue weighted by Gasteiger charge is -2.45. The molecule has 0 unspecified atom stereocenters. The highest BCUT2D eigenvalue weighted by Crippen LogP contribution is 2.30. The molecule has 1 saturated heterocycles. The zero-order chi connectivity index (χ0) is 20.3. The first kappa shape index (κ1) is 19.9. The Labute approximate surface area is 163 Å². The number of unbranched alkanes of at least 4 members (excludes halogenated alkanes) is 1. The lowest BCUT2D eigenvalue weighted by atomic mass is 10.0. The molecule has 1 aromatic rings. The number of carbonyl (C=O) groups is 3. The van der Waals surface area contributed by atoms with Crippen LogP contribution in [0.4, 0.5) is 9.18 Å². The third kappa shape index (κ3) is 4.00. The van der Waals surface area contributed by atoms with Crippen molar-refractivity contribution in [3.8, 4) is 0 Å². The molecule has 2 aliphatic heterocycles. The number of carboxylic acid groups (broad SMARTS) is 1. The number of nitrogens with zero attached hydrogens (tertiary/aromatic N) is 3. The SMILES string of the molecule is CCCC[C@H]1C(=O)N(CCc2cccc(F)c2)C=C2N(C(=O)O)CCC(=O)N21. The molecule has 1 atom stereocenters. The summed E-state index contributed by atoms with van der Waals surface area (Å²) in [6.45, 7) is 2.35. The molecule has 2 heterocycles. The average Bonchev–Trinajstić information content (AvgIpc) is 2.66. The van der Waals surface area contributed by atoms with Crippen LogP contribution in [0.3, 0.4) is 0 Å². The van der Waals surface area contributed by atoms with Crippen molar-refractivity contribution in [1.29, 1.82) is 0 Å². The number of halogens is 1. The van der Waals surface area contributed by atoms with Crippen molar-refractivity contribution in [2.24, 2.45) is 0 Å². The molecule has 8 heteroatoms. The molecule has 3 amide bonds. The van der Waals surface area contributed by atoms with Crippen LogP contribution in [0.1, 0.15) is 38.2 Å². The monoisotopic (exact) mass is 389 g/mol. The molecule has 2 aliphatic rings. The molecule has 1 aromatic carbocycles. The Hall–Kier alpha value is -2.90. The molecule has 0 saturated carbocycles. The van der Waals surface area contributed by atoms with Crippen molar-refractivity contribution in [2.75, 3.05) is 13.1 Å². The molecule has 150 valence electrons. The second kappa shape index (κ2) is 8.41. The lowest BCUT2D eigenvalue weighted by Crippen LogP contribution is -2.60. The van der Waals surface area contributed by atoms with Gasteiger partial charge in [0.1, 0.15) is 17.7 Å². The quantitative estimate of drug-likeness (QED) is 0.811. The van der Waals surface area contributed by atoms with Gasteiger partial charge in [-0.15, -0.1) is 0 Å². The highest BCUT2D eigenvalue weighted by molar-refractivity contribution is 5.92. The van der Waals surface area contributed by atoms with Crippen LogP contribution in [0, 0.1) is 5.82 Å². The molecule has 0 radical (unpaired) electrons. The summed E-state index contributed by atoms with van der Waals surface area (Å²) in [4.78, 5) is 41.1. The minimum Gasteiger partial charge on any atom is -0.465 e. The van der Waals surface area contributed by atoms with Crippen molar-refractivity contribution in [3.05, 3.63) is 47.7 Å². The highest BCUT2D eigenvalue weighted by atomic mass is 19.1. The average molecular weight is 389 g/mol. The van der Waals surface area contributed by atoms with E-state index in [0.717, 1.165) is 23.3 Å². The van der Waals surface area contributed by atoms with E-state index in [4.69, 9.17) is 0 Å². The molecule has 28 heavy (non-hydrogen) atoms. The normalized spacial score (nSPS) is 19.6. The van der Waals surface area contributed by atoms with Gasteiger partial charge in [-0.1, -0.05) is 31.9 Å². The fourth-order valence-electron chi connectivity index (χ4n) is 3.63. The molecule has 0 bridgehead atoms. The van der Waals surface area contributed by atoms with E-state index >= 15 is 0 Å². The van der Waals surface area contributed by atoms with E-state index in [1.165, 1.54) is 28.1 Å². The van der Waals surface area contributed by atoms with Crippen molar-refractivity contribution in [1.82, 2.24) is 14.7 Å². The maximum Gasteiger partial charge on any atom is 0.413 e. The Morgan fingerprint density at radius 2 is 2.11 bits per heavy atom. The Kier molecular flexibility index (Phi) is 5.96. The third-order valence-electron chi connectivity index (χ3n) is 5.08. The van der Waals surface area contributed by atoms with Crippen LogP contribution in [0.15, 0.2) is 36.3 Å². The molecule has 0 aliphatic carbocycles. The second-order valence-corrected chi connectivity index (χ2v) is 7.00. The first-order valence-electron chi connectivity index (χ1n) is 9.51. The summed E-state index contributed by atoms with van der Waals surface area (Å²) in [7, 11) is 0. The summed E-state index contributed by atoms with van der Waals surface area (Å²) in [6, 6.07) is 5.45. The molecule has 3 rings (SSSR count). The van der Waals surface area contributed by atoms with Gasteiger partial charge in [-0.3, -0.25) is 19.4 Å². The van der Waals surface area contributed by atoms with Crippen LogP contribution >= 0.6 is 0 Å². The van der Waals surface area contributed by atoms with E-state index in [1.54, 1.807) is 12.1 Å². The number of carbonyl (C=O) groups excluding carboxylic acids is 2. The van der Waals surface area contributed by atoms with Gasteiger partial charge in [-0.2, -0.15) is 0 Å². The zero-order valence-electron chi connectivity index (χ0n) is 15.8. The molecule has 0 spiro atoms. The summed E-state index contributed by atoms with van der Waals surface area (Å²) in [5.74, 6) is -0.580. The van der Waals surface area contributed by atoms with Crippen LogP contribution in [-0.4, -0.2) is 56.8 Å². The van der Waals surface area contributed by atoms with E-state index < -0.39 is 12.1 Å². The summed E-state index contributed by atoms with van der Waals surface area (Å²) in [6.07, 6.45) is 2.85. The number of amides is 3. The van der Waals surface area contributed by atoms with Crippen molar-refractivity contribution in [3.63, 3.8) is 0 Å². The number of benzene rings is 1. The highest BCUT2D eigenvalue weighted by Gasteiger charge is 2.44. The number of hydrogen-bond acceptors (Lipinski definition) is 3. The first-order valence-corrected chi connectivity index (χ1v) is 9.51. The minimum atomic E-state index is -1.16. The van der Waals surface area contributed by atoms with Gasteiger partial charge in [0.25, 0.3) is 0 Å².